The fraction of sp³-hybridized carbons (Fsp3) is 0.538. The van der Waals surface area contributed by atoms with Gasteiger partial charge in [-0.05, 0) is 27.1 Å². The van der Waals surface area contributed by atoms with Crippen LogP contribution in [0.15, 0.2) is 18.2 Å². The highest BCUT2D eigenvalue weighted by Crippen LogP contribution is 2.23. The fourth-order valence-electron chi connectivity index (χ4n) is 1.73. The number of nitrogens with one attached hydrogen (secondary N) is 1. The van der Waals surface area contributed by atoms with E-state index in [9.17, 15) is 13.9 Å². The zero-order valence-corrected chi connectivity index (χ0v) is 11.0. The predicted octanol–water partition coefficient (Wildman–Crippen LogP) is 1.32. The van der Waals surface area contributed by atoms with Gasteiger partial charge in [0.25, 0.3) is 0 Å². The largest absolute Gasteiger partial charge is 0.394 e. The third-order valence-corrected chi connectivity index (χ3v) is 2.92. The average molecular weight is 258 g/mol. The molecule has 0 heterocycles. The molecule has 5 heteroatoms. The predicted molar refractivity (Wildman–Crippen MR) is 67.4 cm³/mol. The molecule has 0 aliphatic rings. The van der Waals surface area contributed by atoms with Crippen molar-refractivity contribution in [1.29, 1.82) is 0 Å². The highest BCUT2D eigenvalue weighted by atomic mass is 19.1. The lowest BCUT2D eigenvalue weighted by Gasteiger charge is -2.30. The molecule has 0 saturated carbocycles. The third kappa shape index (κ3) is 3.73. The molecule has 1 aromatic rings. The van der Waals surface area contributed by atoms with Crippen LogP contribution in [0.4, 0.5) is 8.78 Å². The number of nitrogens with zero attached hydrogens (tertiary/aromatic N) is 1. The molecule has 0 bridgehead atoms. The SMILES string of the molecule is CN(C)CCNC(C)(CO)c1ccc(F)cc1F. The van der Waals surface area contributed by atoms with E-state index in [1.807, 2.05) is 19.0 Å². The summed E-state index contributed by atoms with van der Waals surface area (Å²) in [7, 11) is 3.85. The smallest absolute Gasteiger partial charge is 0.131 e. The minimum atomic E-state index is -0.909. The number of aliphatic hydroxyl groups excluding tert-OH is 1. The average Bonchev–Trinajstić information content (AvgIpc) is 2.28. The second-order valence-corrected chi connectivity index (χ2v) is 4.84. The highest BCUT2D eigenvalue weighted by molar-refractivity contribution is 5.26. The summed E-state index contributed by atoms with van der Waals surface area (Å²) in [4.78, 5) is 1.98. The van der Waals surface area contributed by atoms with Crippen LogP contribution in [0, 0.1) is 11.6 Å². The molecule has 0 fully saturated rings. The Bertz CT molecular complexity index is 399. The molecule has 0 spiro atoms. The van der Waals surface area contributed by atoms with Crippen molar-refractivity contribution in [2.75, 3.05) is 33.8 Å². The Labute approximate surface area is 106 Å². The van der Waals surface area contributed by atoms with Gasteiger partial charge >= 0.3 is 0 Å². The van der Waals surface area contributed by atoms with Crippen LogP contribution in [-0.4, -0.2) is 43.8 Å². The van der Waals surface area contributed by atoms with Gasteiger partial charge in [-0.25, -0.2) is 8.78 Å². The molecule has 0 saturated heterocycles. The van der Waals surface area contributed by atoms with E-state index in [4.69, 9.17) is 0 Å². The maximum atomic E-state index is 13.7. The number of benzene rings is 1. The van der Waals surface area contributed by atoms with Crippen molar-refractivity contribution in [3.63, 3.8) is 0 Å². The molecular formula is C13H20F2N2O. The van der Waals surface area contributed by atoms with Gasteiger partial charge in [0.2, 0.25) is 0 Å². The first kappa shape index (κ1) is 15.0. The molecular weight excluding hydrogens is 238 g/mol. The second-order valence-electron chi connectivity index (χ2n) is 4.84. The lowest BCUT2D eigenvalue weighted by atomic mass is 9.92. The second kappa shape index (κ2) is 6.22. The lowest BCUT2D eigenvalue weighted by molar-refractivity contribution is 0.168. The van der Waals surface area contributed by atoms with Crippen molar-refractivity contribution in [3.8, 4) is 0 Å². The van der Waals surface area contributed by atoms with E-state index in [-0.39, 0.29) is 12.2 Å². The molecule has 1 atom stereocenters. The number of hydrogen-bond acceptors (Lipinski definition) is 3. The van der Waals surface area contributed by atoms with Gasteiger partial charge in [-0.1, -0.05) is 6.07 Å². The van der Waals surface area contributed by atoms with Crippen LogP contribution in [0.2, 0.25) is 0 Å². The number of likely N-dealkylation sites (N-methyl/N-ethyl adjacent to an activating group) is 1. The Kier molecular flexibility index (Phi) is 5.19. The van der Waals surface area contributed by atoms with E-state index >= 15 is 0 Å². The Morgan fingerprint density at radius 3 is 2.50 bits per heavy atom. The Balaban J connectivity index is 2.85. The molecule has 1 aromatic carbocycles. The molecule has 18 heavy (non-hydrogen) atoms. The van der Waals surface area contributed by atoms with Crippen LogP contribution >= 0.6 is 0 Å². The molecule has 1 rings (SSSR count). The van der Waals surface area contributed by atoms with E-state index in [0.29, 0.717) is 6.54 Å². The van der Waals surface area contributed by atoms with E-state index in [0.717, 1.165) is 12.6 Å². The van der Waals surface area contributed by atoms with Crippen LogP contribution in [-0.2, 0) is 5.54 Å². The molecule has 2 N–H and O–H groups in total. The Hall–Kier alpha value is -1.04. The minimum Gasteiger partial charge on any atom is -0.394 e. The molecule has 1 unspecified atom stereocenters. The monoisotopic (exact) mass is 258 g/mol. The zero-order valence-electron chi connectivity index (χ0n) is 11.0. The Morgan fingerprint density at radius 1 is 1.33 bits per heavy atom. The van der Waals surface area contributed by atoms with Gasteiger partial charge in [0.05, 0.1) is 12.1 Å². The molecule has 0 amide bonds. The summed E-state index contributed by atoms with van der Waals surface area (Å²) in [5.74, 6) is -1.27. The number of hydrogen-bond donors (Lipinski definition) is 2. The first-order valence-electron chi connectivity index (χ1n) is 5.85. The van der Waals surface area contributed by atoms with E-state index < -0.39 is 17.2 Å². The maximum absolute atomic E-state index is 13.7. The molecule has 0 aliphatic carbocycles. The van der Waals surface area contributed by atoms with Crippen molar-refractivity contribution in [2.24, 2.45) is 0 Å². The first-order chi connectivity index (χ1) is 8.39. The van der Waals surface area contributed by atoms with Crippen LogP contribution in [0.25, 0.3) is 0 Å². The van der Waals surface area contributed by atoms with Crippen molar-refractivity contribution >= 4 is 0 Å². The molecule has 0 aliphatic heterocycles. The Morgan fingerprint density at radius 2 is 2.00 bits per heavy atom. The van der Waals surface area contributed by atoms with Gasteiger partial charge in [0.1, 0.15) is 11.6 Å². The number of aliphatic hydroxyl groups is 1. The third-order valence-electron chi connectivity index (χ3n) is 2.92. The number of halogens is 2. The van der Waals surface area contributed by atoms with Gasteiger partial charge in [0, 0.05) is 24.7 Å². The van der Waals surface area contributed by atoms with Gasteiger partial charge in [-0.2, -0.15) is 0 Å². The maximum Gasteiger partial charge on any atom is 0.131 e. The van der Waals surface area contributed by atoms with Crippen LogP contribution in [0.3, 0.4) is 0 Å². The van der Waals surface area contributed by atoms with Crippen molar-refractivity contribution in [1.82, 2.24) is 10.2 Å². The van der Waals surface area contributed by atoms with Gasteiger partial charge < -0.3 is 15.3 Å². The fourth-order valence-corrected chi connectivity index (χ4v) is 1.73. The van der Waals surface area contributed by atoms with Crippen LogP contribution in [0.1, 0.15) is 12.5 Å². The summed E-state index contributed by atoms with van der Waals surface area (Å²) in [5, 5.41) is 12.6. The summed E-state index contributed by atoms with van der Waals surface area (Å²) in [6, 6.07) is 3.39. The molecule has 3 nitrogen and oxygen atoms in total. The summed E-state index contributed by atoms with van der Waals surface area (Å²) in [6.45, 7) is 2.79. The van der Waals surface area contributed by atoms with E-state index in [2.05, 4.69) is 5.32 Å². The van der Waals surface area contributed by atoms with Gasteiger partial charge in [-0.3, -0.25) is 0 Å². The van der Waals surface area contributed by atoms with Crippen molar-refractivity contribution < 1.29 is 13.9 Å². The number of rotatable bonds is 6. The first-order valence-corrected chi connectivity index (χ1v) is 5.85. The molecule has 0 radical (unpaired) electrons. The summed E-state index contributed by atoms with van der Waals surface area (Å²) < 4.78 is 26.6. The summed E-state index contributed by atoms with van der Waals surface area (Å²) in [6.07, 6.45) is 0. The van der Waals surface area contributed by atoms with Crippen LogP contribution in [0.5, 0.6) is 0 Å². The van der Waals surface area contributed by atoms with Gasteiger partial charge in [-0.15, -0.1) is 0 Å². The topological polar surface area (TPSA) is 35.5 Å². The lowest BCUT2D eigenvalue weighted by Crippen LogP contribution is -2.46. The van der Waals surface area contributed by atoms with Crippen LogP contribution < -0.4 is 5.32 Å². The molecule has 0 aromatic heterocycles. The summed E-state index contributed by atoms with van der Waals surface area (Å²) in [5.41, 5.74) is -0.640. The standard InChI is InChI=1S/C13H20F2N2O/c1-13(9-18,16-6-7-17(2)3)11-5-4-10(14)8-12(11)15/h4-5,8,16,18H,6-7,9H2,1-3H3. The van der Waals surface area contributed by atoms with Crippen molar-refractivity contribution in [2.45, 2.75) is 12.5 Å². The summed E-state index contributed by atoms with van der Waals surface area (Å²) >= 11 is 0. The van der Waals surface area contributed by atoms with Crippen molar-refractivity contribution in [3.05, 3.63) is 35.4 Å². The normalized spacial score (nSPS) is 14.8. The minimum absolute atomic E-state index is 0.261. The van der Waals surface area contributed by atoms with E-state index in [1.54, 1.807) is 6.92 Å². The molecule has 102 valence electrons. The van der Waals surface area contributed by atoms with E-state index in [1.165, 1.54) is 12.1 Å². The zero-order chi connectivity index (χ0) is 13.8. The quantitative estimate of drug-likeness (QED) is 0.808. The highest BCUT2D eigenvalue weighted by Gasteiger charge is 2.28. The van der Waals surface area contributed by atoms with Gasteiger partial charge in [0.15, 0.2) is 0 Å².